The molecule has 0 radical (unpaired) electrons. The Kier molecular flexibility index (Phi) is 6.52. The molecule has 0 bridgehead atoms. The minimum Gasteiger partial charge on any atom is -0.343 e. The predicted octanol–water partition coefficient (Wildman–Crippen LogP) is 3.06. The number of likely N-dealkylation sites (tertiary alicyclic amines) is 1. The van der Waals surface area contributed by atoms with E-state index in [-0.39, 0.29) is 17.9 Å². The highest BCUT2D eigenvalue weighted by molar-refractivity contribution is 7.88. The average Bonchev–Trinajstić information content (AvgIpc) is 2.67. The summed E-state index contributed by atoms with van der Waals surface area (Å²) in [5.74, 6) is 0.136. The van der Waals surface area contributed by atoms with Crippen molar-refractivity contribution in [3.8, 4) is 0 Å². The highest BCUT2D eigenvalue weighted by Crippen LogP contribution is 2.31. The number of aryl methyl sites for hydroxylation is 1. The van der Waals surface area contributed by atoms with Gasteiger partial charge in [0.05, 0.1) is 6.26 Å². The lowest BCUT2D eigenvalue weighted by Crippen LogP contribution is -2.46. The van der Waals surface area contributed by atoms with Crippen LogP contribution in [0.25, 0.3) is 0 Å². The van der Waals surface area contributed by atoms with E-state index in [4.69, 9.17) is 0 Å². The van der Waals surface area contributed by atoms with E-state index in [1.807, 2.05) is 35.2 Å². The van der Waals surface area contributed by atoms with Gasteiger partial charge in [-0.25, -0.2) is 13.1 Å². The van der Waals surface area contributed by atoms with Crippen LogP contribution in [0.15, 0.2) is 54.6 Å². The number of nitrogens with zero attached hydrogens (tertiary/aromatic N) is 1. The molecule has 0 aliphatic carbocycles. The third-order valence-electron chi connectivity index (χ3n) is 5.37. The first-order chi connectivity index (χ1) is 13.3. The van der Waals surface area contributed by atoms with Gasteiger partial charge in [-0.2, -0.15) is 0 Å². The van der Waals surface area contributed by atoms with Crippen molar-refractivity contribution in [3.63, 3.8) is 0 Å². The Morgan fingerprint density at radius 2 is 1.68 bits per heavy atom. The summed E-state index contributed by atoms with van der Waals surface area (Å²) in [5.41, 5.74) is 3.50. The summed E-state index contributed by atoms with van der Waals surface area (Å²) in [5, 5.41) is 0. The molecule has 28 heavy (non-hydrogen) atoms. The van der Waals surface area contributed by atoms with Gasteiger partial charge in [-0.05, 0) is 36.5 Å². The third kappa shape index (κ3) is 5.42. The normalized spacial score (nSPS) is 16.7. The number of carbonyl (C=O) groups excluding carboxylic acids is 1. The number of amides is 1. The summed E-state index contributed by atoms with van der Waals surface area (Å²) in [6, 6.07) is 18.3. The number of sulfonamides is 1. The maximum atomic E-state index is 13.0. The van der Waals surface area contributed by atoms with Gasteiger partial charge in [0.2, 0.25) is 15.9 Å². The Morgan fingerprint density at radius 3 is 2.29 bits per heavy atom. The maximum absolute atomic E-state index is 13.0. The van der Waals surface area contributed by atoms with Crippen LogP contribution in [0.2, 0.25) is 0 Å². The number of piperidine rings is 1. The van der Waals surface area contributed by atoms with Crippen molar-refractivity contribution in [3.05, 3.63) is 71.3 Å². The van der Waals surface area contributed by atoms with Crippen molar-refractivity contribution in [2.75, 3.05) is 19.3 Å². The summed E-state index contributed by atoms with van der Waals surface area (Å²) in [6.07, 6.45) is 2.90. The Hall–Kier alpha value is -2.18. The maximum Gasteiger partial charge on any atom is 0.223 e. The van der Waals surface area contributed by atoms with Crippen LogP contribution in [0.3, 0.4) is 0 Å². The average molecular weight is 401 g/mol. The van der Waals surface area contributed by atoms with Gasteiger partial charge in [0.25, 0.3) is 0 Å². The van der Waals surface area contributed by atoms with Gasteiger partial charge in [-0.1, -0.05) is 54.6 Å². The molecular weight excluding hydrogens is 372 g/mol. The lowest BCUT2D eigenvalue weighted by atomic mass is 9.85. The quantitative estimate of drug-likeness (QED) is 0.810. The molecule has 1 N–H and O–H groups in total. The van der Waals surface area contributed by atoms with Crippen molar-refractivity contribution >= 4 is 15.9 Å². The van der Waals surface area contributed by atoms with E-state index in [1.54, 1.807) is 0 Å². The molecule has 0 spiro atoms. The van der Waals surface area contributed by atoms with Crippen LogP contribution in [0, 0.1) is 6.92 Å². The van der Waals surface area contributed by atoms with Gasteiger partial charge in [-0.15, -0.1) is 0 Å². The molecule has 6 heteroatoms. The molecule has 1 saturated heterocycles. The van der Waals surface area contributed by atoms with Gasteiger partial charge in [-0.3, -0.25) is 4.79 Å². The van der Waals surface area contributed by atoms with Crippen LogP contribution in [0.4, 0.5) is 0 Å². The number of rotatable bonds is 6. The van der Waals surface area contributed by atoms with Crippen LogP contribution >= 0.6 is 0 Å². The predicted molar refractivity (Wildman–Crippen MR) is 112 cm³/mol. The molecule has 1 heterocycles. The molecule has 150 valence electrons. The number of hydrogen-bond acceptors (Lipinski definition) is 3. The number of carbonyl (C=O) groups is 1. The zero-order valence-corrected chi connectivity index (χ0v) is 17.3. The molecule has 0 saturated carbocycles. The minimum atomic E-state index is -3.21. The zero-order valence-electron chi connectivity index (χ0n) is 16.5. The number of nitrogens with one attached hydrogen (secondary N) is 1. The molecule has 2 aromatic carbocycles. The second-order valence-corrected chi connectivity index (χ2v) is 9.35. The molecule has 5 nitrogen and oxygen atoms in total. The highest BCUT2D eigenvalue weighted by Gasteiger charge is 2.27. The first-order valence-electron chi connectivity index (χ1n) is 9.69. The van der Waals surface area contributed by atoms with Crippen LogP contribution in [0.5, 0.6) is 0 Å². The molecule has 1 fully saturated rings. The van der Waals surface area contributed by atoms with Crippen molar-refractivity contribution in [2.24, 2.45) is 0 Å². The lowest BCUT2D eigenvalue weighted by Gasteiger charge is -2.33. The molecule has 1 aliphatic heterocycles. The van der Waals surface area contributed by atoms with Gasteiger partial charge >= 0.3 is 0 Å². The van der Waals surface area contributed by atoms with Crippen molar-refractivity contribution in [1.82, 2.24) is 9.62 Å². The van der Waals surface area contributed by atoms with Crippen molar-refractivity contribution in [2.45, 2.75) is 38.1 Å². The van der Waals surface area contributed by atoms with E-state index < -0.39 is 10.0 Å². The highest BCUT2D eigenvalue weighted by atomic mass is 32.2. The van der Waals surface area contributed by atoms with Crippen LogP contribution in [-0.4, -0.2) is 44.6 Å². The fourth-order valence-electron chi connectivity index (χ4n) is 3.92. The zero-order chi connectivity index (χ0) is 20.1. The summed E-state index contributed by atoms with van der Waals surface area (Å²) < 4.78 is 25.5. The molecular formula is C22H28N2O3S. The topological polar surface area (TPSA) is 66.5 Å². The van der Waals surface area contributed by atoms with Gasteiger partial charge in [0, 0.05) is 31.5 Å². The van der Waals surface area contributed by atoms with Gasteiger partial charge < -0.3 is 4.90 Å². The lowest BCUT2D eigenvalue weighted by molar-refractivity contribution is -0.132. The second-order valence-electron chi connectivity index (χ2n) is 7.57. The van der Waals surface area contributed by atoms with E-state index in [0.717, 1.165) is 5.56 Å². The van der Waals surface area contributed by atoms with E-state index in [2.05, 4.69) is 35.9 Å². The monoisotopic (exact) mass is 400 g/mol. The fourth-order valence-corrected chi connectivity index (χ4v) is 4.76. The van der Waals surface area contributed by atoms with E-state index >= 15 is 0 Å². The van der Waals surface area contributed by atoms with Gasteiger partial charge in [0.15, 0.2) is 0 Å². The Bertz CT molecular complexity index is 904. The summed E-state index contributed by atoms with van der Waals surface area (Å²) in [4.78, 5) is 14.9. The molecule has 1 aliphatic rings. The van der Waals surface area contributed by atoms with E-state index in [1.165, 1.54) is 17.4 Å². The second kappa shape index (κ2) is 8.88. The fraction of sp³-hybridized carbons (Fsp3) is 0.409. The van der Waals surface area contributed by atoms with Gasteiger partial charge in [0.1, 0.15) is 0 Å². The largest absolute Gasteiger partial charge is 0.343 e. The van der Waals surface area contributed by atoms with Crippen LogP contribution in [-0.2, 0) is 14.8 Å². The molecule has 2 aromatic rings. The molecule has 3 rings (SSSR count). The Labute approximate surface area is 167 Å². The number of benzene rings is 2. The Morgan fingerprint density at radius 1 is 1.07 bits per heavy atom. The molecule has 1 unspecified atom stereocenters. The minimum absolute atomic E-state index is 0.0155. The number of hydrogen-bond donors (Lipinski definition) is 1. The SMILES string of the molecule is Cc1ccccc1C(CC(=O)N1CCC(NS(C)(=O)=O)CC1)c1ccccc1. The van der Waals surface area contributed by atoms with Crippen molar-refractivity contribution < 1.29 is 13.2 Å². The molecule has 0 aromatic heterocycles. The standard InChI is InChI=1S/C22H28N2O3S/c1-17-8-6-7-11-20(17)21(18-9-4-3-5-10-18)16-22(25)24-14-12-19(13-15-24)23-28(2,26)27/h3-11,19,21,23H,12-16H2,1-2H3. The van der Waals surface area contributed by atoms with E-state index in [9.17, 15) is 13.2 Å². The van der Waals surface area contributed by atoms with Crippen LogP contribution in [0.1, 0.15) is 41.9 Å². The Balaban J connectivity index is 1.72. The van der Waals surface area contributed by atoms with Crippen LogP contribution < -0.4 is 4.72 Å². The third-order valence-corrected chi connectivity index (χ3v) is 6.13. The summed E-state index contributed by atoms with van der Waals surface area (Å²) in [7, 11) is -3.21. The summed E-state index contributed by atoms with van der Waals surface area (Å²) in [6.45, 7) is 3.25. The molecule has 1 atom stereocenters. The first-order valence-corrected chi connectivity index (χ1v) is 11.6. The summed E-state index contributed by atoms with van der Waals surface area (Å²) >= 11 is 0. The molecule has 1 amide bonds. The smallest absolute Gasteiger partial charge is 0.223 e. The first kappa shape index (κ1) is 20.6. The van der Waals surface area contributed by atoms with E-state index in [0.29, 0.717) is 32.4 Å². The van der Waals surface area contributed by atoms with Crippen molar-refractivity contribution in [1.29, 1.82) is 0 Å².